The maximum Gasteiger partial charge on any atom is 0.204 e. The minimum absolute atomic E-state index is 0.0535. The van der Waals surface area contributed by atoms with Crippen LogP contribution < -0.4 is 14.2 Å². The predicted molar refractivity (Wildman–Crippen MR) is 110 cm³/mol. The van der Waals surface area contributed by atoms with Crippen LogP contribution in [0.3, 0.4) is 0 Å². The maximum absolute atomic E-state index is 14.0. The topological polar surface area (TPSA) is 65.0 Å². The quantitative estimate of drug-likeness (QED) is 0.679. The molecule has 0 saturated heterocycles. The van der Waals surface area contributed by atoms with Gasteiger partial charge in [-0.15, -0.1) is 0 Å². The average Bonchev–Trinajstić information content (AvgIpc) is 2.74. The highest BCUT2D eigenvalue weighted by molar-refractivity contribution is 6.30. The standard InChI is InChI=1S/C23H19ClO5/c1-27-18-12-17-19(20(25)21(18)28-2)22(26)23(13-29-17,14-7-4-3-5-8-14)15-9-6-10-16(24)11-15/h3-12,25H,13H2,1-2H3. The van der Waals surface area contributed by atoms with Gasteiger partial charge < -0.3 is 19.3 Å². The van der Waals surface area contributed by atoms with Crippen LogP contribution in [0, 0.1) is 0 Å². The molecule has 6 heteroatoms. The van der Waals surface area contributed by atoms with Crippen LogP contribution in [0.15, 0.2) is 60.7 Å². The lowest BCUT2D eigenvalue weighted by Crippen LogP contribution is -2.46. The fourth-order valence-electron chi connectivity index (χ4n) is 3.82. The van der Waals surface area contributed by atoms with Gasteiger partial charge in [-0.05, 0) is 23.3 Å². The Kier molecular flexibility index (Phi) is 4.84. The number of methoxy groups -OCH3 is 2. The molecular formula is C23H19ClO5. The Labute approximate surface area is 173 Å². The van der Waals surface area contributed by atoms with Gasteiger partial charge in [0.25, 0.3) is 0 Å². The predicted octanol–water partition coefficient (Wildman–Crippen LogP) is 4.62. The molecular weight excluding hydrogens is 392 g/mol. The van der Waals surface area contributed by atoms with Crippen molar-refractivity contribution in [3.63, 3.8) is 0 Å². The van der Waals surface area contributed by atoms with Crippen molar-refractivity contribution in [2.45, 2.75) is 5.41 Å². The maximum atomic E-state index is 14.0. The van der Waals surface area contributed by atoms with E-state index in [1.54, 1.807) is 24.3 Å². The zero-order valence-corrected chi connectivity index (χ0v) is 16.7. The first-order chi connectivity index (χ1) is 14.0. The number of halogens is 1. The van der Waals surface area contributed by atoms with Crippen LogP contribution >= 0.6 is 11.6 Å². The summed E-state index contributed by atoms with van der Waals surface area (Å²) in [5.74, 6) is 0.00274. The molecule has 4 rings (SSSR count). The van der Waals surface area contributed by atoms with Gasteiger partial charge in [-0.3, -0.25) is 4.79 Å². The average molecular weight is 411 g/mol. The summed E-state index contributed by atoms with van der Waals surface area (Å²) in [7, 11) is 2.86. The number of ether oxygens (including phenoxy) is 3. The van der Waals surface area contributed by atoms with E-state index in [0.717, 1.165) is 5.56 Å². The lowest BCUT2D eigenvalue weighted by atomic mass is 9.68. The number of carbonyl (C=O) groups is 1. The summed E-state index contributed by atoms with van der Waals surface area (Å²) in [5, 5.41) is 11.4. The fourth-order valence-corrected chi connectivity index (χ4v) is 4.01. The van der Waals surface area contributed by atoms with Gasteiger partial charge in [0.2, 0.25) is 5.75 Å². The number of ketones is 1. The molecule has 3 aromatic carbocycles. The van der Waals surface area contributed by atoms with Gasteiger partial charge in [0.1, 0.15) is 23.3 Å². The molecule has 1 heterocycles. The minimum atomic E-state index is -1.17. The molecule has 29 heavy (non-hydrogen) atoms. The van der Waals surface area contributed by atoms with Crippen LogP contribution in [-0.4, -0.2) is 31.7 Å². The SMILES string of the molecule is COc1cc2c(c(O)c1OC)C(=O)C(c1ccccc1)(c1cccc(Cl)c1)CO2. The number of phenolic OH excluding ortho intramolecular Hbond substituents is 1. The third-order valence-corrected chi connectivity index (χ3v) is 5.49. The van der Waals surface area contributed by atoms with Crippen molar-refractivity contribution in [3.8, 4) is 23.0 Å². The van der Waals surface area contributed by atoms with Crippen molar-refractivity contribution in [2.75, 3.05) is 20.8 Å². The van der Waals surface area contributed by atoms with Crippen LogP contribution in [0.4, 0.5) is 0 Å². The second-order valence-corrected chi connectivity index (χ2v) is 7.17. The molecule has 0 bridgehead atoms. The molecule has 1 atom stereocenters. The van der Waals surface area contributed by atoms with Crippen molar-refractivity contribution in [1.82, 2.24) is 0 Å². The number of rotatable bonds is 4. The Bertz CT molecular complexity index is 1080. The van der Waals surface area contributed by atoms with Crippen LogP contribution in [0.2, 0.25) is 5.02 Å². The molecule has 0 saturated carbocycles. The Morgan fingerprint density at radius 1 is 1.00 bits per heavy atom. The molecule has 0 fully saturated rings. The minimum Gasteiger partial charge on any atom is -0.504 e. The Balaban J connectivity index is 2.00. The van der Waals surface area contributed by atoms with Gasteiger partial charge in [-0.1, -0.05) is 54.1 Å². The Hall–Kier alpha value is -3.18. The van der Waals surface area contributed by atoms with Crippen molar-refractivity contribution < 1.29 is 24.1 Å². The first-order valence-electron chi connectivity index (χ1n) is 9.00. The molecule has 5 nitrogen and oxygen atoms in total. The van der Waals surface area contributed by atoms with E-state index >= 15 is 0 Å². The first kappa shape index (κ1) is 19.2. The smallest absolute Gasteiger partial charge is 0.204 e. The van der Waals surface area contributed by atoms with E-state index in [4.69, 9.17) is 25.8 Å². The summed E-state index contributed by atoms with van der Waals surface area (Å²) in [4.78, 5) is 14.0. The number of carbonyl (C=O) groups excluding carboxylic acids is 1. The molecule has 0 aromatic heterocycles. The number of aromatic hydroxyl groups is 1. The van der Waals surface area contributed by atoms with Crippen molar-refractivity contribution >= 4 is 17.4 Å². The van der Waals surface area contributed by atoms with Crippen LogP contribution in [-0.2, 0) is 5.41 Å². The molecule has 0 radical (unpaired) electrons. The zero-order valence-electron chi connectivity index (χ0n) is 15.9. The van der Waals surface area contributed by atoms with Gasteiger partial charge in [-0.2, -0.15) is 0 Å². The summed E-state index contributed by atoms with van der Waals surface area (Å²) < 4.78 is 16.6. The van der Waals surface area contributed by atoms with Gasteiger partial charge in [-0.25, -0.2) is 0 Å². The number of fused-ring (bicyclic) bond motifs is 1. The number of benzene rings is 3. The molecule has 0 spiro atoms. The van der Waals surface area contributed by atoms with Gasteiger partial charge in [0.05, 0.1) is 14.2 Å². The molecule has 0 amide bonds. The van der Waals surface area contributed by atoms with E-state index in [1.807, 2.05) is 36.4 Å². The molecule has 1 aliphatic rings. The van der Waals surface area contributed by atoms with Gasteiger partial charge in [0, 0.05) is 11.1 Å². The molecule has 1 unspecified atom stereocenters. The third-order valence-electron chi connectivity index (χ3n) is 5.25. The molecule has 1 N–H and O–H groups in total. The summed E-state index contributed by atoms with van der Waals surface area (Å²) >= 11 is 6.24. The number of hydrogen-bond acceptors (Lipinski definition) is 5. The van der Waals surface area contributed by atoms with E-state index in [1.165, 1.54) is 14.2 Å². The van der Waals surface area contributed by atoms with Crippen molar-refractivity contribution in [3.05, 3.63) is 82.4 Å². The van der Waals surface area contributed by atoms with E-state index in [-0.39, 0.29) is 41.0 Å². The normalized spacial score (nSPS) is 18.0. The highest BCUT2D eigenvalue weighted by Gasteiger charge is 2.49. The fraction of sp³-hybridized carbons (Fsp3) is 0.174. The molecule has 148 valence electrons. The Morgan fingerprint density at radius 3 is 2.38 bits per heavy atom. The second kappa shape index (κ2) is 7.33. The summed E-state index contributed by atoms with van der Waals surface area (Å²) in [6, 6.07) is 18.0. The monoisotopic (exact) mass is 410 g/mol. The third kappa shape index (κ3) is 2.89. The van der Waals surface area contributed by atoms with E-state index in [9.17, 15) is 9.90 Å². The lowest BCUT2D eigenvalue weighted by molar-refractivity contribution is 0.0812. The highest BCUT2D eigenvalue weighted by Crippen LogP contribution is 2.51. The van der Waals surface area contributed by atoms with Crippen molar-refractivity contribution in [1.29, 1.82) is 0 Å². The van der Waals surface area contributed by atoms with Crippen LogP contribution in [0.1, 0.15) is 21.5 Å². The van der Waals surface area contributed by atoms with E-state index in [2.05, 4.69) is 0 Å². The molecule has 0 aliphatic carbocycles. The first-order valence-corrected chi connectivity index (χ1v) is 9.38. The van der Waals surface area contributed by atoms with Crippen molar-refractivity contribution in [2.24, 2.45) is 0 Å². The van der Waals surface area contributed by atoms with Gasteiger partial charge in [0.15, 0.2) is 17.3 Å². The van der Waals surface area contributed by atoms with E-state index in [0.29, 0.717) is 10.6 Å². The van der Waals surface area contributed by atoms with Crippen LogP contribution in [0.25, 0.3) is 0 Å². The number of hydrogen-bond donors (Lipinski definition) is 1. The zero-order chi connectivity index (χ0) is 20.6. The number of Topliss-reactive ketones (excluding diaryl/α,β-unsaturated/α-hetero) is 1. The summed E-state index contributed by atoms with van der Waals surface area (Å²) in [6.07, 6.45) is 0. The Morgan fingerprint density at radius 2 is 1.72 bits per heavy atom. The summed E-state index contributed by atoms with van der Waals surface area (Å²) in [6.45, 7) is 0.0537. The second-order valence-electron chi connectivity index (χ2n) is 6.73. The van der Waals surface area contributed by atoms with Gasteiger partial charge >= 0.3 is 0 Å². The molecule has 1 aliphatic heterocycles. The lowest BCUT2D eigenvalue weighted by Gasteiger charge is -2.38. The highest BCUT2D eigenvalue weighted by atomic mass is 35.5. The number of phenols is 1. The van der Waals surface area contributed by atoms with Crippen LogP contribution in [0.5, 0.6) is 23.0 Å². The summed E-state index contributed by atoms with van der Waals surface area (Å²) in [5.41, 5.74) is 0.307. The largest absolute Gasteiger partial charge is 0.504 e. The molecule has 3 aromatic rings. The van der Waals surface area contributed by atoms with E-state index < -0.39 is 5.41 Å².